The number of amides is 1. The van der Waals surface area contributed by atoms with E-state index in [4.69, 9.17) is 16.6 Å². The molecule has 0 aliphatic rings. The molecule has 0 aliphatic carbocycles. The highest BCUT2D eigenvalue weighted by Gasteiger charge is 2.23. The van der Waals surface area contributed by atoms with Crippen LogP contribution in [-0.2, 0) is 6.54 Å². The molecule has 0 N–H and O–H groups in total. The maximum absolute atomic E-state index is 13.8. The zero-order valence-corrected chi connectivity index (χ0v) is 22.3. The normalized spacial score (nSPS) is 11.1. The fraction of sp³-hybridized carbons (Fsp3) is 0.172. The van der Waals surface area contributed by atoms with Crippen LogP contribution >= 0.6 is 22.9 Å². The molecule has 0 saturated carbocycles. The number of hydrogen-bond acceptors (Lipinski definition) is 5. The molecule has 0 bridgehead atoms. The maximum Gasteiger partial charge on any atom is 0.260 e. The van der Waals surface area contributed by atoms with Crippen LogP contribution in [0.5, 0.6) is 0 Å². The molecule has 37 heavy (non-hydrogen) atoms. The Morgan fingerprint density at radius 3 is 2.27 bits per heavy atom. The largest absolute Gasteiger partial charge is 0.289 e. The number of aromatic nitrogens is 3. The zero-order valence-electron chi connectivity index (χ0n) is 20.7. The Balaban J connectivity index is 1.47. The van der Waals surface area contributed by atoms with Crippen molar-refractivity contribution in [3.8, 4) is 0 Å². The van der Waals surface area contributed by atoms with E-state index in [1.54, 1.807) is 41.3 Å². The highest BCUT2D eigenvalue weighted by Crippen LogP contribution is 2.33. The predicted octanol–water partition coefficient (Wildman–Crippen LogP) is 6.65. The van der Waals surface area contributed by atoms with Crippen molar-refractivity contribution in [3.63, 3.8) is 0 Å². The molecule has 6 nitrogen and oxygen atoms in total. The second-order valence-electron chi connectivity index (χ2n) is 8.95. The number of nitrogens with zero attached hydrogens (tertiary/aromatic N) is 4. The summed E-state index contributed by atoms with van der Waals surface area (Å²) >= 11 is 7.71. The third-order valence-electron chi connectivity index (χ3n) is 6.18. The Hall–Kier alpha value is -3.81. The van der Waals surface area contributed by atoms with Crippen molar-refractivity contribution in [1.82, 2.24) is 14.8 Å². The van der Waals surface area contributed by atoms with E-state index in [2.05, 4.69) is 5.10 Å². The third-order valence-corrected chi connectivity index (χ3v) is 7.43. The Labute approximate surface area is 224 Å². The van der Waals surface area contributed by atoms with E-state index in [-0.39, 0.29) is 11.7 Å². The molecule has 1 amide bonds. The zero-order chi connectivity index (χ0) is 26.1. The van der Waals surface area contributed by atoms with E-state index >= 15 is 0 Å². The SMILES string of the molecule is Cc1cc(C)n(CCN(C(=O)c2ccc(C(=O)c3ccccc3)cc2)c2nc3c(C)cc(Cl)cc3s2)n1. The van der Waals surface area contributed by atoms with Gasteiger partial charge in [-0.3, -0.25) is 19.2 Å². The van der Waals surface area contributed by atoms with Crippen molar-refractivity contribution in [2.45, 2.75) is 27.3 Å². The van der Waals surface area contributed by atoms with Crippen LogP contribution in [0.2, 0.25) is 5.02 Å². The monoisotopic (exact) mass is 528 g/mol. The van der Waals surface area contributed by atoms with E-state index in [0.29, 0.717) is 39.9 Å². The van der Waals surface area contributed by atoms with Gasteiger partial charge in [-0.15, -0.1) is 0 Å². The molecule has 186 valence electrons. The third kappa shape index (κ3) is 5.19. The van der Waals surface area contributed by atoms with Crippen molar-refractivity contribution in [1.29, 1.82) is 0 Å². The van der Waals surface area contributed by atoms with E-state index in [1.807, 2.05) is 61.9 Å². The molecule has 0 saturated heterocycles. The standard InChI is InChI=1S/C29H25ClN4O2S/c1-18-15-24(30)17-25-26(18)31-29(37-25)33(13-14-34-20(3)16-19(2)32-34)28(36)23-11-9-22(10-12-23)27(35)21-7-5-4-6-8-21/h4-12,15-17H,13-14H2,1-3H3. The molecule has 0 unspecified atom stereocenters. The van der Waals surface area contributed by atoms with Gasteiger partial charge >= 0.3 is 0 Å². The average molecular weight is 529 g/mol. The Morgan fingerprint density at radius 2 is 1.59 bits per heavy atom. The van der Waals surface area contributed by atoms with Gasteiger partial charge < -0.3 is 0 Å². The van der Waals surface area contributed by atoms with Crippen LogP contribution in [0.1, 0.15) is 43.2 Å². The molecule has 0 aliphatic heterocycles. The van der Waals surface area contributed by atoms with Crippen molar-refractivity contribution in [2.24, 2.45) is 0 Å². The maximum atomic E-state index is 13.8. The first-order valence-electron chi connectivity index (χ1n) is 11.9. The fourth-order valence-electron chi connectivity index (χ4n) is 4.31. The number of rotatable bonds is 7. The lowest BCUT2D eigenvalue weighted by atomic mass is 10.0. The van der Waals surface area contributed by atoms with Gasteiger partial charge in [-0.05, 0) is 56.7 Å². The van der Waals surface area contributed by atoms with E-state index in [9.17, 15) is 9.59 Å². The summed E-state index contributed by atoms with van der Waals surface area (Å²) in [6, 6.07) is 21.7. The Morgan fingerprint density at radius 1 is 0.919 bits per heavy atom. The van der Waals surface area contributed by atoms with Gasteiger partial charge in [-0.25, -0.2) is 4.98 Å². The first-order chi connectivity index (χ1) is 17.8. The summed E-state index contributed by atoms with van der Waals surface area (Å²) in [5.41, 5.74) is 5.36. The van der Waals surface area contributed by atoms with Crippen LogP contribution in [0.15, 0.2) is 72.8 Å². The minimum atomic E-state index is -0.192. The van der Waals surface area contributed by atoms with Crippen molar-refractivity contribution >= 4 is 50.0 Å². The minimum absolute atomic E-state index is 0.0838. The summed E-state index contributed by atoms with van der Waals surface area (Å²) in [4.78, 5) is 33.1. The highest BCUT2D eigenvalue weighted by molar-refractivity contribution is 7.22. The number of hydrogen-bond donors (Lipinski definition) is 0. The van der Waals surface area contributed by atoms with Crippen LogP contribution in [0.4, 0.5) is 5.13 Å². The van der Waals surface area contributed by atoms with Crippen molar-refractivity contribution < 1.29 is 9.59 Å². The van der Waals surface area contributed by atoms with Crippen LogP contribution in [-0.4, -0.2) is 33.0 Å². The molecular weight excluding hydrogens is 504 g/mol. The van der Waals surface area contributed by atoms with Gasteiger partial charge in [-0.2, -0.15) is 5.10 Å². The summed E-state index contributed by atoms with van der Waals surface area (Å²) in [5, 5.41) is 5.78. The topological polar surface area (TPSA) is 68.1 Å². The molecule has 0 atom stereocenters. The van der Waals surface area contributed by atoms with E-state index in [1.165, 1.54) is 11.3 Å². The lowest BCUT2D eigenvalue weighted by Crippen LogP contribution is -2.34. The first-order valence-corrected chi connectivity index (χ1v) is 13.1. The van der Waals surface area contributed by atoms with Gasteiger partial charge in [0.2, 0.25) is 0 Å². The molecule has 5 aromatic rings. The van der Waals surface area contributed by atoms with Gasteiger partial charge in [-0.1, -0.05) is 65.4 Å². The number of anilines is 1. The number of fused-ring (bicyclic) bond motifs is 1. The minimum Gasteiger partial charge on any atom is -0.289 e. The van der Waals surface area contributed by atoms with Crippen LogP contribution < -0.4 is 4.90 Å². The molecule has 8 heteroatoms. The summed E-state index contributed by atoms with van der Waals surface area (Å²) in [5.74, 6) is -0.275. The molecule has 0 fully saturated rings. The number of carbonyl (C=O) groups excluding carboxylic acids is 2. The van der Waals surface area contributed by atoms with Gasteiger partial charge in [0.1, 0.15) is 0 Å². The van der Waals surface area contributed by atoms with Gasteiger partial charge in [0.15, 0.2) is 10.9 Å². The second kappa shape index (κ2) is 10.3. The van der Waals surface area contributed by atoms with Gasteiger partial charge in [0.25, 0.3) is 5.91 Å². The number of thiazole rings is 1. The molecule has 5 rings (SSSR count). The Kier molecular flexibility index (Phi) is 6.91. The second-order valence-corrected chi connectivity index (χ2v) is 10.4. The summed E-state index contributed by atoms with van der Waals surface area (Å²) < 4.78 is 2.82. The van der Waals surface area contributed by atoms with Gasteiger partial charge in [0, 0.05) is 34.0 Å². The van der Waals surface area contributed by atoms with E-state index < -0.39 is 0 Å². The molecule has 3 aromatic carbocycles. The van der Waals surface area contributed by atoms with Crippen molar-refractivity contribution in [2.75, 3.05) is 11.4 Å². The van der Waals surface area contributed by atoms with Crippen LogP contribution in [0, 0.1) is 20.8 Å². The van der Waals surface area contributed by atoms with Crippen LogP contribution in [0.25, 0.3) is 10.2 Å². The lowest BCUT2D eigenvalue weighted by molar-refractivity contribution is 0.0983. The first kappa shape index (κ1) is 24.9. The highest BCUT2D eigenvalue weighted by atomic mass is 35.5. The number of carbonyl (C=O) groups is 2. The Bertz CT molecular complexity index is 1610. The predicted molar refractivity (Wildman–Crippen MR) is 149 cm³/mol. The van der Waals surface area contributed by atoms with Crippen molar-refractivity contribution in [3.05, 3.63) is 111 Å². The number of benzene rings is 3. The molecular formula is C29H25ClN4O2S. The molecule has 0 spiro atoms. The lowest BCUT2D eigenvalue weighted by Gasteiger charge is -2.20. The number of halogens is 1. The fourth-order valence-corrected chi connectivity index (χ4v) is 5.76. The molecule has 2 heterocycles. The van der Waals surface area contributed by atoms with Crippen LogP contribution in [0.3, 0.4) is 0 Å². The smallest absolute Gasteiger partial charge is 0.260 e. The quantitative estimate of drug-likeness (QED) is 0.222. The number of aryl methyl sites for hydroxylation is 3. The van der Waals surface area contributed by atoms with E-state index in [0.717, 1.165) is 27.2 Å². The van der Waals surface area contributed by atoms with Gasteiger partial charge in [0.05, 0.1) is 22.5 Å². The summed E-state index contributed by atoms with van der Waals surface area (Å²) in [6.07, 6.45) is 0. The number of ketones is 1. The summed E-state index contributed by atoms with van der Waals surface area (Å²) in [6.45, 7) is 6.81. The average Bonchev–Trinajstić information content (AvgIpc) is 3.46. The summed E-state index contributed by atoms with van der Waals surface area (Å²) in [7, 11) is 0. The molecule has 0 radical (unpaired) electrons. The molecule has 2 aromatic heterocycles.